The first-order valence-electron chi connectivity index (χ1n) is 6.89. The van der Waals surface area contributed by atoms with E-state index in [0.717, 1.165) is 5.92 Å². The van der Waals surface area contributed by atoms with Crippen LogP contribution in [0.15, 0.2) is 0 Å². The largest absolute Gasteiger partial charge is 0.309 e. The summed E-state index contributed by atoms with van der Waals surface area (Å²) in [6, 6.07) is 0. The van der Waals surface area contributed by atoms with Gasteiger partial charge in [-0.1, -0.05) is 19.3 Å². The number of hydrogen-bond acceptors (Lipinski definition) is 3. The molecule has 0 aliphatic heterocycles. The molecule has 1 fully saturated rings. The molecule has 0 spiro atoms. The molecule has 1 unspecified atom stereocenters. The van der Waals surface area contributed by atoms with Gasteiger partial charge in [0.25, 0.3) is 0 Å². The lowest BCUT2D eigenvalue weighted by Crippen LogP contribution is -2.39. The zero-order chi connectivity index (χ0) is 11.9. The van der Waals surface area contributed by atoms with Gasteiger partial charge in [-0.2, -0.15) is 0 Å². The summed E-state index contributed by atoms with van der Waals surface area (Å²) in [5.41, 5.74) is 1.50. The highest BCUT2D eigenvalue weighted by Gasteiger charge is 2.34. The average molecular weight is 250 g/mol. The summed E-state index contributed by atoms with van der Waals surface area (Å²) in [5, 5.41) is 4.86. The molecule has 1 aromatic rings. The molecule has 3 rings (SSSR count). The van der Waals surface area contributed by atoms with Gasteiger partial charge in [-0.25, -0.2) is 4.98 Å². The van der Waals surface area contributed by atoms with Crippen LogP contribution in [0.1, 0.15) is 54.6 Å². The first-order chi connectivity index (χ1) is 8.21. The van der Waals surface area contributed by atoms with E-state index in [9.17, 15) is 0 Å². The Morgan fingerprint density at radius 1 is 1.35 bits per heavy atom. The number of fused-ring (bicyclic) bond motifs is 1. The molecular formula is C14H22N2S. The number of nitrogens with zero attached hydrogens (tertiary/aromatic N) is 1. The van der Waals surface area contributed by atoms with Gasteiger partial charge < -0.3 is 5.32 Å². The third-order valence-corrected chi connectivity index (χ3v) is 5.96. The molecule has 0 aromatic carbocycles. The lowest BCUT2D eigenvalue weighted by atomic mass is 9.77. The van der Waals surface area contributed by atoms with Crippen LogP contribution >= 0.6 is 11.3 Å². The molecule has 1 heterocycles. The smallest absolute Gasteiger partial charge is 0.113 e. The molecule has 0 amide bonds. The van der Waals surface area contributed by atoms with Crippen molar-refractivity contribution in [3.05, 3.63) is 15.6 Å². The minimum Gasteiger partial charge on any atom is -0.309 e. The van der Waals surface area contributed by atoms with Crippen LogP contribution in [-0.2, 0) is 18.4 Å². The van der Waals surface area contributed by atoms with Crippen LogP contribution in [0.5, 0.6) is 0 Å². The molecule has 1 saturated carbocycles. The Hall–Kier alpha value is -0.410. The molecule has 0 bridgehead atoms. The Bertz CT molecular complexity index is 387. The average Bonchev–Trinajstić information content (AvgIpc) is 2.83. The van der Waals surface area contributed by atoms with Crippen molar-refractivity contribution in [3.8, 4) is 0 Å². The highest BCUT2D eigenvalue weighted by molar-refractivity contribution is 7.12. The monoisotopic (exact) mass is 250 g/mol. The number of nitrogens with one attached hydrogen (secondary N) is 1. The van der Waals surface area contributed by atoms with E-state index in [1.54, 1.807) is 4.88 Å². The molecule has 3 heteroatoms. The second kappa shape index (κ2) is 4.36. The van der Waals surface area contributed by atoms with Crippen LogP contribution < -0.4 is 5.32 Å². The van der Waals surface area contributed by atoms with Crippen molar-refractivity contribution in [3.63, 3.8) is 0 Å². The summed E-state index contributed by atoms with van der Waals surface area (Å²) in [7, 11) is 2.09. The van der Waals surface area contributed by atoms with E-state index in [0.29, 0.717) is 0 Å². The quantitative estimate of drug-likeness (QED) is 0.887. The summed E-state index contributed by atoms with van der Waals surface area (Å²) in [4.78, 5) is 6.45. The number of aryl methyl sites for hydroxylation is 2. The van der Waals surface area contributed by atoms with Crippen molar-refractivity contribution < 1.29 is 0 Å². The lowest BCUT2D eigenvalue weighted by Gasteiger charge is -2.35. The minimum atomic E-state index is 0.111. The fraction of sp³-hybridized carbons (Fsp3) is 0.786. The van der Waals surface area contributed by atoms with E-state index in [-0.39, 0.29) is 5.54 Å². The number of rotatable bonds is 4. The van der Waals surface area contributed by atoms with Crippen LogP contribution in [0.25, 0.3) is 0 Å². The molecule has 0 radical (unpaired) electrons. The Morgan fingerprint density at radius 3 is 2.76 bits per heavy atom. The van der Waals surface area contributed by atoms with Crippen molar-refractivity contribution in [2.75, 3.05) is 7.05 Å². The van der Waals surface area contributed by atoms with Gasteiger partial charge >= 0.3 is 0 Å². The second-order valence-corrected chi connectivity index (χ2v) is 6.91. The molecular weight excluding hydrogens is 228 g/mol. The summed E-state index contributed by atoms with van der Waals surface area (Å²) in [6.07, 6.45) is 9.30. The van der Waals surface area contributed by atoms with Crippen molar-refractivity contribution in [2.24, 2.45) is 5.92 Å². The second-order valence-electron chi connectivity index (χ2n) is 5.83. The van der Waals surface area contributed by atoms with Gasteiger partial charge in [-0.05, 0) is 45.6 Å². The van der Waals surface area contributed by atoms with Gasteiger partial charge in [0, 0.05) is 4.88 Å². The molecule has 1 atom stereocenters. The van der Waals surface area contributed by atoms with Crippen molar-refractivity contribution in [2.45, 2.75) is 57.4 Å². The fourth-order valence-electron chi connectivity index (χ4n) is 3.00. The highest BCUT2D eigenvalue weighted by atomic mass is 32.1. The molecule has 2 aliphatic rings. The summed E-state index contributed by atoms with van der Waals surface area (Å²) >= 11 is 1.96. The summed E-state index contributed by atoms with van der Waals surface area (Å²) < 4.78 is 0. The summed E-state index contributed by atoms with van der Waals surface area (Å²) in [5.74, 6) is 0.922. The maximum Gasteiger partial charge on any atom is 0.113 e. The summed E-state index contributed by atoms with van der Waals surface area (Å²) in [6.45, 7) is 2.33. The molecule has 1 N–H and O–H groups in total. The Morgan fingerprint density at radius 2 is 2.18 bits per heavy atom. The maximum absolute atomic E-state index is 4.90. The van der Waals surface area contributed by atoms with E-state index < -0.39 is 0 Å². The van der Waals surface area contributed by atoms with Crippen molar-refractivity contribution in [1.82, 2.24) is 10.3 Å². The minimum absolute atomic E-state index is 0.111. The zero-order valence-electron chi connectivity index (χ0n) is 10.9. The molecule has 2 nitrogen and oxygen atoms in total. The van der Waals surface area contributed by atoms with Gasteiger partial charge in [0.05, 0.1) is 11.2 Å². The third-order valence-electron chi connectivity index (χ3n) is 4.54. The standard InChI is InChI=1S/C14H22N2S/c1-14(15-2,9-10-5-3-6-10)13-16-11-7-4-8-12(11)17-13/h10,15H,3-9H2,1-2H3. The zero-order valence-corrected chi connectivity index (χ0v) is 11.7. The highest BCUT2D eigenvalue weighted by Crippen LogP contribution is 2.40. The van der Waals surface area contributed by atoms with E-state index in [2.05, 4.69) is 19.3 Å². The molecule has 0 saturated heterocycles. The molecule has 1 aromatic heterocycles. The Balaban J connectivity index is 1.82. The van der Waals surface area contributed by atoms with Crippen LogP contribution in [0.2, 0.25) is 0 Å². The molecule has 2 aliphatic carbocycles. The lowest BCUT2D eigenvalue weighted by molar-refractivity contribution is 0.211. The van der Waals surface area contributed by atoms with Crippen LogP contribution in [-0.4, -0.2) is 12.0 Å². The van der Waals surface area contributed by atoms with E-state index in [1.807, 2.05) is 11.3 Å². The van der Waals surface area contributed by atoms with Crippen molar-refractivity contribution in [1.29, 1.82) is 0 Å². The predicted octanol–water partition coefficient (Wildman–Crippen LogP) is 3.26. The maximum atomic E-state index is 4.90. The van der Waals surface area contributed by atoms with Gasteiger partial charge in [0.15, 0.2) is 0 Å². The van der Waals surface area contributed by atoms with Crippen LogP contribution in [0, 0.1) is 5.92 Å². The van der Waals surface area contributed by atoms with Crippen molar-refractivity contribution >= 4 is 11.3 Å². The van der Waals surface area contributed by atoms with Gasteiger partial charge in [-0.3, -0.25) is 0 Å². The van der Waals surface area contributed by atoms with E-state index >= 15 is 0 Å². The van der Waals surface area contributed by atoms with E-state index in [1.165, 1.54) is 55.6 Å². The van der Waals surface area contributed by atoms with Crippen LogP contribution in [0.3, 0.4) is 0 Å². The normalized spacial score (nSPS) is 23.2. The molecule has 94 valence electrons. The van der Waals surface area contributed by atoms with Crippen LogP contribution in [0.4, 0.5) is 0 Å². The predicted molar refractivity (Wildman–Crippen MR) is 72.5 cm³/mol. The fourth-order valence-corrected chi connectivity index (χ4v) is 4.31. The number of aromatic nitrogens is 1. The van der Waals surface area contributed by atoms with Gasteiger partial charge in [0.2, 0.25) is 0 Å². The number of thiazole rings is 1. The van der Waals surface area contributed by atoms with E-state index in [4.69, 9.17) is 4.98 Å². The third kappa shape index (κ3) is 2.04. The Kier molecular flexibility index (Phi) is 2.99. The topological polar surface area (TPSA) is 24.9 Å². The Labute approximate surface area is 108 Å². The SMILES string of the molecule is CNC(C)(CC1CCC1)c1nc2c(s1)CCC2. The molecule has 17 heavy (non-hydrogen) atoms. The number of hydrogen-bond donors (Lipinski definition) is 1. The van der Waals surface area contributed by atoms with Gasteiger partial charge in [0.1, 0.15) is 5.01 Å². The first-order valence-corrected chi connectivity index (χ1v) is 7.71. The van der Waals surface area contributed by atoms with Gasteiger partial charge in [-0.15, -0.1) is 11.3 Å². The first kappa shape index (κ1) is 11.7.